The summed E-state index contributed by atoms with van der Waals surface area (Å²) in [5.74, 6) is -2.21. The molecule has 158 valence electrons. The van der Waals surface area contributed by atoms with E-state index >= 15 is 0 Å². The van der Waals surface area contributed by atoms with Crippen molar-refractivity contribution in [2.24, 2.45) is 0 Å². The van der Waals surface area contributed by atoms with E-state index in [9.17, 15) is 14.7 Å². The first-order valence-corrected chi connectivity index (χ1v) is 10.2. The van der Waals surface area contributed by atoms with Crippen LogP contribution in [0.15, 0.2) is 64.4 Å². The van der Waals surface area contributed by atoms with Gasteiger partial charge < -0.3 is 20.2 Å². The Morgan fingerprint density at radius 2 is 1.67 bits per heavy atom. The summed E-state index contributed by atoms with van der Waals surface area (Å²) >= 11 is 7.87. The van der Waals surface area contributed by atoms with Crippen LogP contribution in [0.25, 0.3) is 5.57 Å². The molecular formula is C22H22ClNO5S. The summed E-state index contributed by atoms with van der Waals surface area (Å²) in [7, 11) is 4.15. The zero-order valence-corrected chi connectivity index (χ0v) is 18.1. The Morgan fingerprint density at radius 3 is 2.27 bits per heavy atom. The zero-order valence-electron chi connectivity index (χ0n) is 16.5. The van der Waals surface area contributed by atoms with Crippen LogP contribution in [0.2, 0.25) is 5.02 Å². The number of aromatic hydroxyl groups is 1. The van der Waals surface area contributed by atoms with E-state index < -0.39 is 11.9 Å². The van der Waals surface area contributed by atoms with Gasteiger partial charge in [0.05, 0.1) is 0 Å². The Labute approximate surface area is 184 Å². The van der Waals surface area contributed by atoms with Crippen molar-refractivity contribution in [2.45, 2.75) is 16.2 Å². The quantitative estimate of drug-likeness (QED) is 0.491. The Kier molecular flexibility index (Phi) is 8.53. The topological polar surface area (TPSA) is 98.1 Å². The fourth-order valence-corrected chi connectivity index (χ4v) is 4.00. The van der Waals surface area contributed by atoms with Gasteiger partial charge in [0.15, 0.2) is 0 Å². The molecule has 1 heterocycles. The predicted octanol–water partition coefficient (Wildman–Crippen LogP) is 4.61. The third-order valence-corrected chi connectivity index (χ3v) is 5.37. The molecule has 0 aliphatic carbocycles. The third kappa shape index (κ3) is 6.95. The number of halogens is 1. The van der Waals surface area contributed by atoms with Crippen LogP contribution in [0.4, 0.5) is 0 Å². The summed E-state index contributed by atoms with van der Waals surface area (Å²) in [6.07, 6.45) is 4.36. The van der Waals surface area contributed by atoms with E-state index in [0.29, 0.717) is 17.9 Å². The molecule has 0 fully saturated rings. The van der Waals surface area contributed by atoms with Gasteiger partial charge in [-0.3, -0.25) is 0 Å². The minimum absolute atomic E-state index is 0.302. The first kappa shape index (κ1) is 23.5. The molecule has 0 spiro atoms. The van der Waals surface area contributed by atoms with Crippen molar-refractivity contribution in [1.82, 2.24) is 4.90 Å². The van der Waals surface area contributed by atoms with Crippen LogP contribution in [-0.2, 0) is 9.59 Å². The molecule has 0 aromatic heterocycles. The summed E-state index contributed by atoms with van der Waals surface area (Å²) in [5.41, 5.74) is 3.54. The maximum atomic E-state index is 9.75. The van der Waals surface area contributed by atoms with Gasteiger partial charge in [0.2, 0.25) is 0 Å². The minimum Gasteiger partial charge on any atom is -0.508 e. The number of rotatable bonds is 5. The summed E-state index contributed by atoms with van der Waals surface area (Å²) in [5, 5.41) is 26.1. The molecule has 0 amide bonds. The molecular weight excluding hydrogens is 426 g/mol. The zero-order chi connectivity index (χ0) is 22.3. The number of hydrogen-bond acceptors (Lipinski definition) is 5. The van der Waals surface area contributed by atoms with E-state index in [4.69, 9.17) is 21.8 Å². The number of benzene rings is 2. The fourth-order valence-electron chi connectivity index (χ4n) is 2.71. The molecule has 0 saturated carbocycles. The fraction of sp³-hybridized carbons (Fsp3) is 0.182. The van der Waals surface area contributed by atoms with Crippen molar-refractivity contribution in [3.63, 3.8) is 0 Å². The molecule has 3 rings (SSSR count). The van der Waals surface area contributed by atoms with Crippen LogP contribution >= 0.6 is 23.4 Å². The molecule has 0 unspecified atom stereocenters. The van der Waals surface area contributed by atoms with Gasteiger partial charge in [-0.05, 0) is 73.6 Å². The van der Waals surface area contributed by atoms with Crippen molar-refractivity contribution in [1.29, 1.82) is 0 Å². The van der Waals surface area contributed by atoms with Crippen LogP contribution in [0.1, 0.15) is 17.5 Å². The maximum absolute atomic E-state index is 9.75. The van der Waals surface area contributed by atoms with Crippen LogP contribution < -0.4 is 0 Å². The smallest absolute Gasteiger partial charge is 0.328 e. The van der Waals surface area contributed by atoms with Crippen LogP contribution in [-0.4, -0.2) is 52.8 Å². The highest BCUT2D eigenvalue weighted by Gasteiger charge is 2.21. The van der Waals surface area contributed by atoms with E-state index in [0.717, 1.165) is 28.4 Å². The lowest BCUT2D eigenvalue weighted by molar-refractivity contribution is -0.134. The number of carbonyl (C=O) groups is 2. The highest BCUT2D eigenvalue weighted by Crippen LogP contribution is 2.47. The van der Waals surface area contributed by atoms with Crippen molar-refractivity contribution >= 4 is 40.9 Å². The van der Waals surface area contributed by atoms with Crippen molar-refractivity contribution in [2.75, 3.05) is 20.6 Å². The second-order valence-corrected chi connectivity index (χ2v) is 8.16. The van der Waals surface area contributed by atoms with Crippen LogP contribution in [0, 0.1) is 0 Å². The number of hydrogen-bond donors (Lipinski definition) is 3. The van der Waals surface area contributed by atoms with Gasteiger partial charge in [0.25, 0.3) is 0 Å². The molecule has 0 saturated heterocycles. The summed E-state index contributed by atoms with van der Waals surface area (Å²) in [6.45, 7) is 1.000. The monoisotopic (exact) mass is 447 g/mol. The summed E-state index contributed by atoms with van der Waals surface area (Å²) in [6, 6.07) is 11.6. The van der Waals surface area contributed by atoms with E-state index in [2.05, 4.69) is 31.1 Å². The Bertz CT molecular complexity index is 985. The Hall–Kier alpha value is -2.74. The number of phenols is 1. The largest absolute Gasteiger partial charge is 0.508 e. The maximum Gasteiger partial charge on any atom is 0.328 e. The van der Waals surface area contributed by atoms with E-state index in [1.165, 1.54) is 16.0 Å². The molecule has 2 aromatic rings. The summed E-state index contributed by atoms with van der Waals surface area (Å²) < 4.78 is 0. The third-order valence-electron chi connectivity index (χ3n) is 4.00. The highest BCUT2D eigenvalue weighted by atomic mass is 35.5. The number of aliphatic carboxylic acids is 2. The van der Waals surface area contributed by atoms with Gasteiger partial charge in [-0.2, -0.15) is 0 Å². The van der Waals surface area contributed by atoms with Crippen molar-refractivity contribution < 1.29 is 24.9 Å². The average Bonchev–Trinajstić information content (AvgIpc) is 2.66. The number of nitrogens with zero attached hydrogens (tertiary/aromatic N) is 1. The molecule has 3 N–H and O–H groups in total. The van der Waals surface area contributed by atoms with Gasteiger partial charge in [-0.15, -0.1) is 0 Å². The van der Waals surface area contributed by atoms with Gasteiger partial charge in [0, 0.05) is 33.5 Å². The van der Waals surface area contributed by atoms with Crippen molar-refractivity contribution in [3.05, 3.63) is 70.8 Å². The van der Waals surface area contributed by atoms with E-state index in [-0.39, 0.29) is 0 Å². The molecule has 0 bridgehead atoms. The second kappa shape index (κ2) is 10.9. The van der Waals surface area contributed by atoms with Gasteiger partial charge in [-0.1, -0.05) is 29.4 Å². The molecule has 1 aliphatic heterocycles. The predicted molar refractivity (Wildman–Crippen MR) is 118 cm³/mol. The number of carboxylic acid groups (broad SMARTS) is 2. The Morgan fingerprint density at radius 1 is 1.00 bits per heavy atom. The second-order valence-electron chi connectivity index (χ2n) is 6.64. The molecule has 0 radical (unpaired) electrons. The molecule has 6 nitrogen and oxygen atoms in total. The first-order valence-electron chi connectivity index (χ1n) is 8.97. The van der Waals surface area contributed by atoms with Gasteiger partial charge in [-0.25, -0.2) is 9.59 Å². The molecule has 0 atom stereocenters. The molecule has 2 aromatic carbocycles. The number of carboxylic acids is 2. The number of phenolic OH excluding ortho intramolecular Hbond substituents is 1. The van der Waals surface area contributed by atoms with E-state index in [1.54, 1.807) is 17.8 Å². The minimum atomic E-state index is -1.26. The summed E-state index contributed by atoms with van der Waals surface area (Å²) in [4.78, 5) is 23.5. The highest BCUT2D eigenvalue weighted by molar-refractivity contribution is 7.99. The lowest BCUT2D eigenvalue weighted by Gasteiger charge is -2.23. The van der Waals surface area contributed by atoms with Gasteiger partial charge in [0.1, 0.15) is 5.75 Å². The van der Waals surface area contributed by atoms with Crippen molar-refractivity contribution in [3.8, 4) is 5.75 Å². The number of fused-ring (bicyclic) bond motifs is 2. The first-order chi connectivity index (χ1) is 14.2. The lowest BCUT2D eigenvalue weighted by Crippen LogP contribution is -2.12. The molecule has 1 aliphatic rings. The normalized spacial score (nSPS) is 13.5. The van der Waals surface area contributed by atoms with Crippen LogP contribution in [0.3, 0.4) is 0 Å². The molecule has 30 heavy (non-hydrogen) atoms. The van der Waals surface area contributed by atoms with E-state index in [1.807, 2.05) is 24.3 Å². The SMILES string of the molecule is CN(C)CC/C=C1/c2ccc(O)cc2Sc2ccc(Cl)cc21.O=C(O)/C=C\C(=O)O. The average molecular weight is 448 g/mol. The van der Waals surface area contributed by atoms with Crippen LogP contribution in [0.5, 0.6) is 5.75 Å². The Balaban J connectivity index is 0.000000343. The van der Waals surface area contributed by atoms with Gasteiger partial charge >= 0.3 is 11.9 Å². The molecule has 8 heteroatoms. The lowest BCUT2D eigenvalue weighted by atomic mass is 9.96. The standard InChI is InChI=1S/C18H18ClNOS.C4H4O4/c1-20(2)9-3-4-14-15-7-6-13(21)11-18(15)22-17-8-5-12(19)10-16(14)17;5-3(6)1-2-4(7)8/h4-8,10-11,21H,3,9H2,1-2H3;1-2H,(H,5,6)(H,7,8)/b14-4-;2-1-.